The van der Waals surface area contributed by atoms with Gasteiger partial charge in [0.2, 0.25) is 0 Å². The molecule has 0 N–H and O–H groups in total. The van der Waals surface area contributed by atoms with E-state index in [2.05, 4.69) is 55.1 Å². The molecule has 0 spiro atoms. The van der Waals surface area contributed by atoms with Gasteiger partial charge in [0.1, 0.15) is 29.6 Å². The number of aromatic nitrogens is 20. The van der Waals surface area contributed by atoms with E-state index in [0.29, 0.717) is 22.6 Å². The highest BCUT2D eigenvalue weighted by Crippen LogP contribution is 2.00. The summed E-state index contributed by atoms with van der Waals surface area (Å²) in [6, 6.07) is 55.1. The Morgan fingerprint density at radius 3 is 1.32 bits per heavy atom. The lowest BCUT2D eigenvalue weighted by Crippen LogP contribution is -2.14. The second-order valence-electron chi connectivity index (χ2n) is 19.8. The molecule has 18 heterocycles. The molecular weight excluding hydrogens is 1260 g/mol. The topological polar surface area (TPSA) is 335 Å². The van der Waals surface area contributed by atoms with Crippen LogP contribution in [-0.2, 0) is 0 Å². The van der Waals surface area contributed by atoms with Crippen molar-refractivity contribution in [1.29, 1.82) is 0 Å². The van der Waals surface area contributed by atoms with Crippen molar-refractivity contribution in [2.45, 2.75) is 0 Å². The summed E-state index contributed by atoms with van der Waals surface area (Å²) in [5, 5.41) is 7.71. The maximum atomic E-state index is 11.1. The van der Waals surface area contributed by atoms with Gasteiger partial charge in [-0.25, -0.2) is 39.7 Å². The Morgan fingerprint density at radius 1 is 0.212 bits per heavy atom. The minimum Gasteiger partial charge on any atom is -0.281 e. The van der Waals surface area contributed by atoms with Gasteiger partial charge in [-0.1, -0.05) is 42.5 Å². The average molecular weight is 1320 g/mol. The van der Waals surface area contributed by atoms with Gasteiger partial charge >= 0.3 is 5.69 Å². The highest BCUT2D eigenvalue weighted by Gasteiger charge is 1.98. The van der Waals surface area contributed by atoms with Gasteiger partial charge < -0.3 is 0 Å². The number of pyridine rings is 7. The molecule has 99 heavy (non-hydrogen) atoms. The monoisotopic (exact) mass is 1320 g/mol. The summed E-state index contributed by atoms with van der Waals surface area (Å²) in [6.07, 6.45) is 31.7. The van der Waals surface area contributed by atoms with Gasteiger partial charge in [-0.15, -0.1) is 0 Å². The van der Waals surface area contributed by atoms with Crippen molar-refractivity contribution in [3.05, 3.63) is 412 Å². The van der Waals surface area contributed by atoms with Crippen molar-refractivity contribution < 1.29 is 0 Å². The fraction of sp³-hybridized carbons (Fsp3) is 0. The van der Waals surface area contributed by atoms with E-state index in [1.807, 2.05) is 60.7 Å². The van der Waals surface area contributed by atoms with Crippen LogP contribution in [0.25, 0.3) is 50.2 Å². The first-order chi connectivity index (χ1) is 48.4. The summed E-state index contributed by atoms with van der Waals surface area (Å²) in [5.74, 6) is 0. The van der Waals surface area contributed by atoms with E-state index in [1.165, 1.54) is 117 Å². The van der Waals surface area contributed by atoms with Gasteiger partial charge in [-0.2, -0.15) is 19.2 Å². The minimum absolute atomic E-state index is 0.0232. The van der Waals surface area contributed by atoms with Crippen LogP contribution in [0.2, 0.25) is 0 Å². The fourth-order valence-electron chi connectivity index (χ4n) is 8.75. The van der Waals surface area contributed by atoms with Gasteiger partial charge in [-0.3, -0.25) is 79.1 Å². The van der Waals surface area contributed by atoms with E-state index in [4.69, 9.17) is 0 Å². The second-order valence-corrected chi connectivity index (χ2v) is 19.8. The first-order valence-electron chi connectivity index (χ1n) is 29.4. The zero-order chi connectivity index (χ0) is 69.1. The van der Waals surface area contributed by atoms with Gasteiger partial charge in [0.25, 0.3) is 44.5 Å². The largest absolute Gasteiger partial charge is 0.352 e. The third-order valence-corrected chi connectivity index (χ3v) is 13.4. The van der Waals surface area contributed by atoms with E-state index in [-0.39, 0.29) is 50.2 Å². The zero-order valence-electron chi connectivity index (χ0n) is 51.6. The molecule has 0 aliphatic rings. The number of hydrogen-bond acceptors (Lipinski definition) is 20. The zero-order valence-corrected chi connectivity index (χ0v) is 51.6. The predicted octanol–water partition coefficient (Wildman–Crippen LogP) is 5.04. The predicted molar refractivity (Wildman–Crippen MR) is 369 cm³/mol. The van der Waals surface area contributed by atoms with E-state index in [1.54, 1.807) is 180 Å². The molecule has 18 aromatic heterocycles. The smallest absolute Gasteiger partial charge is 0.281 e. The maximum Gasteiger partial charge on any atom is 0.352 e. The lowest BCUT2D eigenvalue weighted by molar-refractivity contribution is 0.866. The molecule has 18 rings (SSSR count). The summed E-state index contributed by atoms with van der Waals surface area (Å²) < 4.78 is 13.1. The third-order valence-electron chi connectivity index (χ3n) is 13.4. The van der Waals surface area contributed by atoms with Gasteiger partial charge in [0, 0.05) is 135 Å². The standard InChI is InChI=1S/7C8H6N2O.2C7H5N3O/c11-8-5-1-3-7-4-2-6-9-10(7)8;11-8-4-1-3-7-9-5-2-6-10(7)8;11-8-3-1-2-7-6-9-4-5-10(7)8;11-8-3-1-2-7-4-5-9-6-10(7)8;11-8-4-5-9-7-3-1-2-6-10(7)8;11-8-9-5-4-7-3-1-2-6-10(7)8;11-8-6-9-5-7-3-1-2-4-10(7)8;11-7-2-4-9-6-1-3-8-5-10(6)7;11-7-3-5-8-6-2-1-4-9-10(6)7/h7*1-6H;2*1-5H. The minimum atomic E-state index is -0.233. The lowest BCUT2D eigenvalue weighted by Gasteiger charge is -1.95. The molecule has 0 aromatic carbocycles. The third kappa shape index (κ3) is 18.0. The Bertz CT molecular complexity index is 5070. The molecule has 0 saturated heterocycles. The van der Waals surface area contributed by atoms with E-state index in [0.717, 1.165) is 27.6 Å². The molecule has 0 aliphatic carbocycles. The van der Waals surface area contributed by atoms with Crippen LogP contribution < -0.4 is 50.2 Å². The first-order valence-corrected chi connectivity index (χ1v) is 29.4. The van der Waals surface area contributed by atoms with Crippen LogP contribution >= 0.6 is 0 Å². The number of nitrogens with zero attached hydrogens (tertiary/aromatic N) is 20. The number of rotatable bonds is 0. The average Bonchev–Trinajstić information content (AvgIpc) is 3.07. The molecule has 0 bridgehead atoms. The van der Waals surface area contributed by atoms with Crippen LogP contribution in [0.15, 0.2) is 361 Å². The van der Waals surface area contributed by atoms with Crippen LogP contribution in [0, 0.1) is 0 Å². The normalized spacial score (nSPS) is 10.2. The maximum absolute atomic E-state index is 11.1. The summed E-state index contributed by atoms with van der Waals surface area (Å²) in [4.78, 5) is 135. The molecule has 0 amide bonds. The van der Waals surface area contributed by atoms with Crippen LogP contribution in [0.3, 0.4) is 0 Å². The summed E-state index contributed by atoms with van der Waals surface area (Å²) in [6.45, 7) is 0. The summed E-state index contributed by atoms with van der Waals surface area (Å²) in [5.41, 5.74) is 5.90. The van der Waals surface area contributed by atoms with Crippen LogP contribution in [0.1, 0.15) is 0 Å². The van der Waals surface area contributed by atoms with Crippen LogP contribution in [-0.4, -0.2) is 94.9 Å². The van der Waals surface area contributed by atoms with Crippen LogP contribution in [0.4, 0.5) is 0 Å². The Morgan fingerprint density at radius 2 is 0.646 bits per heavy atom. The Balaban J connectivity index is 0.000000120. The van der Waals surface area contributed by atoms with Gasteiger partial charge in [0.15, 0.2) is 5.65 Å². The van der Waals surface area contributed by atoms with Crippen LogP contribution in [0.5, 0.6) is 0 Å². The van der Waals surface area contributed by atoms with Crippen molar-refractivity contribution in [2.24, 2.45) is 0 Å². The van der Waals surface area contributed by atoms with Gasteiger partial charge in [-0.05, 0) is 109 Å². The van der Waals surface area contributed by atoms with Crippen molar-refractivity contribution in [3.63, 3.8) is 0 Å². The van der Waals surface area contributed by atoms with Crippen molar-refractivity contribution in [2.75, 3.05) is 0 Å². The van der Waals surface area contributed by atoms with Crippen molar-refractivity contribution in [3.8, 4) is 0 Å². The SMILES string of the molecule is O=c1cccc2cccnn12.O=c1cccc2ccncn12.O=c1cccc2cnccn12.O=c1cccc2ncccn12.O=c1ccnc2ccccn12.O=c1ccnc2cccnn12.O=c1ccnc2ccncn12.O=c1cncc2ccccn12.O=c1nccc2ccccn12. The summed E-state index contributed by atoms with van der Waals surface area (Å²) in [7, 11) is 0. The highest BCUT2D eigenvalue weighted by molar-refractivity contribution is 5.47. The number of fused-ring (bicyclic) bond motifs is 9. The highest BCUT2D eigenvalue weighted by atomic mass is 16.2. The molecule has 0 radical (unpaired) electrons. The molecule has 29 nitrogen and oxygen atoms in total. The molecule has 0 atom stereocenters. The summed E-state index contributed by atoms with van der Waals surface area (Å²) >= 11 is 0. The van der Waals surface area contributed by atoms with E-state index >= 15 is 0 Å². The molecule has 486 valence electrons. The van der Waals surface area contributed by atoms with Gasteiger partial charge in [0.05, 0.1) is 46.2 Å². The molecule has 29 heteroatoms. The first kappa shape index (κ1) is 67.0. The Hall–Kier alpha value is -14.9. The fourth-order valence-corrected chi connectivity index (χ4v) is 8.75. The van der Waals surface area contributed by atoms with E-state index in [9.17, 15) is 43.2 Å². The lowest BCUT2D eigenvalue weighted by atomic mass is 10.4. The quantitative estimate of drug-likeness (QED) is 0.192. The second kappa shape index (κ2) is 33.6. The molecule has 0 aliphatic heterocycles. The Labute approximate surface area is 554 Å². The van der Waals surface area contributed by atoms with E-state index < -0.39 is 0 Å². The molecule has 0 unspecified atom stereocenters. The molecule has 0 saturated carbocycles. The van der Waals surface area contributed by atoms with Crippen molar-refractivity contribution in [1.82, 2.24) is 94.9 Å². The van der Waals surface area contributed by atoms with Crippen molar-refractivity contribution >= 4 is 50.2 Å². The molecular formula is C70H52N20O9. The Kier molecular flexibility index (Phi) is 22.7. The number of hydrogen-bond donors (Lipinski definition) is 0. The molecule has 18 aromatic rings. The molecule has 0 fully saturated rings.